The van der Waals surface area contributed by atoms with Gasteiger partial charge in [0.2, 0.25) is 0 Å². The Morgan fingerprint density at radius 2 is 1.21 bits per heavy atom. The second kappa shape index (κ2) is 8.70. The number of benzene rings is 2. The van der Waals surface area contributed by atoms with Crippen LogP contribution >= 0.6 is 0 Å². The highest BCUT2D eigenvalue weighted by Crippen LogP contribution is 2.52. The molecule has 2 aromatic carbocycles. The Hall–Kier alpha value is -2.45. The quantitative estimate of drug-likeness (QED) is 0.635. The van der Waals surface area contributed by atoms with Crippen molar-refractivity contribution in [1.82, 2.24) is 0 Å². The number of hydrogen-bond acceptors (Lipinski definition) is 2. The van der Waals surface area contributed by atoms with E-state index in [1.54, 1.807) is 0 Å². The molecule has 1 aliphatic carbocycles. The predicted molar refractivity (Wildman–Crippen MR) is 115 cm³/mol. The molecule has 1 saturated carbocycles. The zero-order valence-corrected chi connectivity index (χ0v) is 16.5. The van der Waals surface area contributed by atoms with Crippen LogP contribution in [-0.2, 0) is 17.6 Å². The summed E-state index contributed by atoms with van der Waals surface area (Å²) >= 11 is 0. The molecule has 0 aliphatic heterocycles. The first-order valence-corrected chi connectivity index (χ1v) is 10.0. The number of Topliss-reactive ketones (excluding diaryl/α,β-unsaturated/α-hetero) is 1. The van der Waals surface area contributed by atoms with Crippen LogP contribution in [0, 0.1) is 10.8 Å². The molecule has 1 N–H and O–H groups in total. The Labute approximate surface area is 168 Å². The summed E-state index contributed by atoms with van der Waals surface area (Å²) in [5.41, 5.74) is 1.22. The number of rotatable bonds is 8. The number of hydrogen-bond donors (Lipinski definition) is 1. The molecule has 0 radical (unpaired) electrons. The number of carbonyl (C=O) groups is 1. The molecule has 0 amide bonds. The Kier molecular flexibility index (Phi) is 6.31. The van der Waals surface area contributed by atoms with Crippen molar-refractivity contribution in [3.8, 4) is 0 Å². The van der Waals surface area contributed by atoms with Gasteiger partial charge in [0.15, 0.2) is 0 Å². The van der Waals surface area contributed by atoms with Crippen molar-refractivity contribution in [1.29, 1.82) is 0 Å². The number of aliphatic hydroxyl groups is 1. The van der Waals surface area contributed by atoms with Crippen LogP contribution in [0.25, 0.3) is 0 Å². The third kappa shape index (κ3) is 4.18. The topological polar surface area (TPSA) is 37.3 Å². The lowest BCUT2D eigenvalue weighted by molar-refractivity contribution is -0.148. The normalized spacial score (nSPS) is 27.3. The summed E-state index contributed by atoms with van der Waals surface area (Å²) in [5, 5.41) is 11.8. The smallest absolute Gasteiger partial charge is 0.134 e. The van der Waals surface area contributed by atoms with E-state index in [0.717, 1.165) is 11.1 Å². The van der Waals surface area contributed by atoms with Crippen LogP contribution in [0.2, 0.25) is 0 Å². The highest BCUT2D eigenvalue weighted by atomic mass is 16.3. The van der Waals surface area contributed by atoms with Crippen molar-refractivity contribution in [2.45, 2.75) is 44.6 Å². The minimum Gasteiger partial charge on any atom is -0.392 e. The molecule has 0 bridgehead atoms. The molecule has 2 heteroatoms. The van der Waals surface area contributed by atoms with Gasteiger partial charge in [-0.15, -0.1) is 13.2 Å². The fraction of sp³-hybridized carbons (Fsp3) is 0.346. The van der Waals surface area contributed by atoms with E-state index in [2.05, 4.69) is 37.4 Å². The summed E-state index contributed by atoms with van der Waals surface area (Å²) < 4.78 is 0. The highest BCUT2D eigenvalue weighted by Gasteiger charge is 2.54. The maximum atomic E-state index is 13.0. The zero-order valence-electron chi connectivity index (χ0n) is 16.5. The zero-order chi connectivity index (χ0) is 20.0. The molecule has 2 nitrogen and oxygen atoms in total. The average Bonchev–Trinajstić information content (AvgIpc) is 2.68. The van der Waals surface area contributed by atoms with Crippen molar-refractivity contribution >= 4 is 5.78 Å². The fourth-order valence-electron chi connectivity index (χ4n) is 5.10. The maximum Gasteiger partial charge on any atom is 0.134 e. The molecule has 2 aromatic rings. The molecule has 3 rings (SSSR count). The molecular formula is C26H30O2. The summed E-state index contributed by atoms with van der Waals surface area (Å²) in [6, 6.07) is 20.3. The number of carbonyl (C=O) groups excluding carboxylic acids is 1. The van der Waals surface area contributed by atoms with Crippen molar-refractivity contribution in [3.05, 3.63) is 97.1 Å². The van der Waals surface area contributed by atoms with E-state index in [1.807, 2.05) is 48.6 Å². The van der Waals surface area contributed by atoms with E-state index in [-0.39, 0.29) is 5.78 Å². The molecule has 146 valence electrons. The van der Waals surface area contributed by atoms with Crippen LogP contribution in [0.3, 0.4) is 0 Å². The fourth-order valence-corrected chi connectivity index (χ4v) is 5.10. The van der Waals surface area contributed by atoms with Crippen LogP contribution in [0.15, 0.2) is 86.0 Å². The van der Waals surface area contributed by atoms with Gasteiger partial charge in [0, 0.05) is 23.7 Å². The third-order valence-electron chi connectivity index (χ3n) is 6.16. The average molecular weight is 375 g/mol. The van der Waals surface area contributed by atoms with E-state index in [1.165, 1.54) is 0 Å². The summed E-state index contributed by atoms with van der Waals surface area (Å²) in [5.74, 6) is 0.223. The number of aliphatic hydroxyl groups excluding tert-OH is 1. The molecule has 1 fully saturated rings. The lowest BCUT2D eigenvalue weighted by Gasteiger charge is -2.52. The summed E-state index contributed by atoms with van der Waals surface area (Å²) in [6.45, 7) is 7.87. The maximum absolute atomic E-state index is 13.0. The Bertz CT molecular complexity index is 743. The lowest BCUT2D eigenvalue weighted by atomic mass is 9.54. The molecular weight excluding hydrogens is 344 g/mol. The molecule has 0 aromatic heterocycles. The van der Waals surface area contributed by atoms with Crippen molar-refractivity contribution in [2.24, 2.45) is 10.8 Å². The van der Waals surface area contributed by atoms with Gasteiger partial charge in [-0.2, -0.15) is 0 Å². The lowest BCUT2D eigenvalue weighted by Crippen LogP contribution is -2.55. The summed E-state index contributed by atoms with van der Waals surface area (Å²) in [4.78, 5) is 13.0. The molecule has 0 saturated heterocycles. The van der Waals surface area contributed by atoms with Crippen molar-refractivity contribution < 1.29 is 9.90 Å². The largest absolute Gasteiger partial charge is 0.392 e. The van der Waals surface area contributed by atoms with Gasteiger partial charge < -0.3 is 5.11 Å². The van der Waals surface area contributed by atoms with E-state index in [0.29, 0.717) is 38.5 Å². The molecule has 1 aliphatic rings. The molecule has 2 atom stereocenters. The minimum absolute atomic E-state index is 0.223. The van der Waals surface area contributed by atoms with Crippen LogP contribution in [0.5, 0.6) is 0 Å². The Morgan fingerprint density at radius 1 is 0.821 bits per heavy atom. The summed E-state index contributed by atoms with van der Waals surface area (Å²) in [6.07, 6.45) is 6.43. The van der Waals surface area contributed by atoms with Crippen molar-refractivity contribution in [3.63, 3.8) is 0 Å². The number of allylic oxidation sites excluding steroid dienone is 2. The third-order valence-corrected chi connectivity index (χ3v) is 6.16. The minimum atomic E-state index is -0.617. The molecule has 28 heavy (non-hydrogen) atoms. The second-order valence-corrected chi connectivity index (χ2v) is 8.33. The SMILES string of the molecule is C=CCC1(Cc2ccccc2)CC(=O)CC(CC=C)(Cc2ccccc2)C1O. The first-order chi connectivity index (χ1) is 13.5. The van der Waals surface area contributed by atoms with Crippen LogP contribution in [-0.4, -0.2) is 17.0 Å². The standard InChI is InChI=1S/C26H30O2/c1-3-15-25(17-21-11-7-5-8-12-21)19-23(27)20-26(16-4-2,24(25)28)18-22-13-9-6-10-14-22/h3-14,24,28H,1-2,15-20H2. The first kappa shape index (κ1) is 20.3. The molecule has 2 unspecified atom stereocenters. The Morgan fingerprint density at radius 3 is 1.57 bits per heavy atom. The van der Waals surface area contributed by atoms with E-state index in [4.69, 9.17) is 0 Å². The second-order valence-electron chi connectivity index (χ2n) is 8.33. The van der Waals surface area contributed by atoms with Gasteiger partial charge in [0.05, 0.1) is 6.10 Å². The monoisotopic (exact) mass is 374 g/mol. The van der Waals surface area contributed by atoms with Crippen LogP contribution in [0.4, 0.5) is 0 Å². The van der Waals surface area contributed by atoms with E-state index < -0.39 is 16.9 Å². The van der Waals surface area contributed by atoms with Gasteiger partial charge in [0.1, 0.15) is 5.78 Å². The first-order valence-electron chi connectivity index (χ1n) is 10.0. The van der Waals surface area contributed by atoms with Gasteiger partial charge in [-0.3, -0.25) is 4.79 Å². The van der Waals surface area contributed by atoms with Gasteiger partial charge in [-0.05, 0) is 36.8 Å². The van der Waals surface area contributed by atoms with Gasteiger partial charge in [0.25, 0.3) is 0 Å². The molecule has 0 heterocycles. The van der Waals surface area contributed by atoms with Crippen LogP contribution < -0.4 is 0 Å². The predicted octanol–water partition coefficient (Wildman–Crippen LogP) is 5.32. The van der Waals surface area contributed by atoms with Crippen molar-refractivity contribution in [2.75, 3.05) is 0 Å². The van der Waals surface area contributed by atoms with Crippen LogP contribution in [0.1, 0.15) is 36.8 Å². The van der Waals surface area contributed by atoms with Gasteiger partial charge in [-0.25, -0.2) is 0 Å². The van der Waals surface area contributed by atoms with Gasteiger partial charge in [-0.1, -0.05) is 72.8 Å². The summed E-state index contributed by atoms with van der Waals surface area (Å²) in [7, 11) is 0. The van der Waals surface area contributed by atoms with E-state index in [9.17, 15) is 9.90 Å². The van der Waals surface area contributed by atoms with E-state index >= 15 is 0 Å². The highest BCUT2D eigenvalue weighted by molar-refractivity contribution is 5.81. The van der Waals surface area contributed by atoms with Gasteiger partial charge >= 0.3 is 0 Å². The molecule has 0 spiro atoms. The Balaban J connectivity index is 2.03. The number of ketones is 1.